The molecule has 0 radical (unpaired) electrons. The highest BCUT2D eigenvalue weighted by atomic mass is 16.5. The lowest BCUT2D eigenvalue weighted by molar-refractivity contribution is 0.0598. The molecule has 0 aliphatic heterocycles. The Balaban J connectivity index is 2.93. The van der Waals surface area contributed by atoms with Gasteiger partial charge in [-0.05, 0) is 57.9 Å². The van der Waals surface area contributed by atoms with Crippen molar-refractivity contribution < 1.29 is 9.53 Å². The van der Waals surface area contributed by atoms with Crippen LogP contribution in [0.15, 0.2) is 24.3 Å². The van der Waals surface area contributed by atoms with Crippen molar-refractivity contribution in [2.75, 3.05) is 6.61 Å². The van der Waals surface area contributed by atoms with E-state index < -0.39 is 0 Å². The Morgan fingerprint density at radius 2 is 1.55 bits per heavy atom. The molecule has 3 nitrogen and oxygen atoms in total. The first kappa shape index (κ1) is 16.5. The van der Waals surface area contributed by atoms with Crippen molar-refractivity contribution in [3.63, 3.8) is 0 Å². The first-order valence-electron chi connectivity index (χ1n) is 7.60. The van der Waals surface area contributed by atoms with Gasteiger partial charge in [-0.2, -0.15) is 0 Å². The van der Waals surface area contributed by atoms with Crippen LogP contribution in [-0.2, 0) is 0 Å². The van der Waals surface area contributed by atoms with Crippen molar-refractivity contribution in [1.29, 1.82) is 0 Å². The molecule has 2 atom stereocenters. The van der Waals surface area contributed by atoms with Gasteiger partial charge in [0.2, 0.25) is 0 Å². The largest absolute Gasteiger partial charge is 0.494 e. The fourth-order valence-corrected chi connectivity index (χ4v) is 2.24. The van der Waals surface area contributed by atoms with Crippen molar-refractivity contribution in [2.24, 2.45) is 0 Å². The molecule has 1 rings (SSSR count). The van der Waals surface area contributed by atoms with E-state index in [0.29, 0.717) is 6.61 Å². The first-order valence-corrected chi connectivity index (χ1v) is 7.60. The molecule has 0 bridgehead atoms. The third kappa shape index (κ3) is 3.99. The van der Waals surface area contributed by atoms with Gasteiger partial charge in [-0.25, -0.2) is 0 Å². The normalized spacial score (nSPS) is 13.7. The van der Waals surface area contributed by atoms with E-state index in [1.165, 1.54) is 0 Å². The lowest BCUT2D eigenvalue weighted by Crippen LogP contribution is -2.44. The zero-order valence-corrected chi connectivity index (χ0v) is 13.3. The summed E-state index contributed by atoms with van der Waals surface area (Å²) in [7, 11) is 0. The van der Waals surface area contributed by atoms with E-state index >= 15 is 0 Å². The van der Waals surface area contributed by atoms with Gasteiger partial charge in [0.1, 0.15) is 5.75 Å². The van der Waals surface area contributed by atoms with Crippen molar-refractivity contribution in [1.82, 2.24) is 4.90 Å². The summed E-state index contributed by atoms with van der Waals surface area (Å²) in [5.41, 5.74) is 0.731. The summed E-state index contributed by atoms with van der Waals surface area (Å²) in [6, 6.07) is 7.94. The van der Waals surface area contributed by atoms with Crippen molar-refractivity contribution >= 4 is 5.91 Å². The molecular weight excluding hydrogens is 250 g/mol. The van der Waals surface area contributed by atoms with E-state index in [1.807, 2.05) is 36.1 Å². The van der Waals surface area contributed by atoms with Crippen LogP contribution in [0.5, 0.6) is 5.75 Å². The molecule has 0 unspecified atom stereocenters. The number of hydrogen-bond acceptors (Lipinski definition) is 2. The lowest BCUT2D eigenvalue weighted by atomic mass is 10.1. The summed E-state index contributed by atoms with van der Waals surface area (Å²) in [4.78, 5) is 14.7. The Labute approximate surface area is 122 Å². The van der Waals surface area contributed by atoms with Gasteiger partial charge in [0.25, 0.3) is 5.91 Å². The number of rotatable bonds is 7. The predicted molar refractivity (Wildman–Crippen MR) is 83.3 cm³/mol. The SMILES string of the molecule is CCOc1ccc(C(=O)N([C@H](C)CC)[C@@H](C)CC)cc1. The van der Waals surface area contributed by atoms with Crippen LogP contribution in [0.4, 0.5) is 0 Å². The zero-order chi connectivity index (χ0) is 15.1. The van der Waals surface area contributed by atoms with E-state index in [-0.39, 0.29) is 18.0 Å². The van der Waals surface area contributed by atoms with Gasteiger partial charge in [-0.15, -0.1) is 0 Å². The highest BCUT2D eigenvalue weighted by Gasteiger charge is 2.24. The highest BCUT2D eigenvalue weighted by Crippen LogP contribution is 2.19. The Hall–Kier alpha value is -1.51. The highest BCUT2D eigenvalue weighted by molar-refractivity contribution is 5.94. The van der Waals surface area contributed by atoms with E-state index in [0.717, 1.165) is 24.2 Å². The van der Waals surface area contributed by atoms with Crippen molar-refractivity contribution in [3.05, 3.63) is 29.8 Å². The van der Waals surface area contributed by atoms with E-state index in [2.05, 4.69) is 27.7 Å². The van der Waals surface area contributed by atoms with Crippen LogP contribution in [0.3, 0.4) is 0 Å². The van der Waals surface area contributed by atoms with Crippen LogP contribution in [0.25, 0.3) is 0 Å². The van der Waals surface area contributed by atoms with Crippen LogP contribution in [0.2, 0.25) is 0 Å². The summed E-state index contributed by atoms with van der Waals surface area (Å²) in [5, 5.41) is 0. The minimum absolute atomic E-state index is 0.108. The van der Waals surface area contributed by atoms with E-state index in [9.17, 15) is 4.79 Å². The second-order valence-electron chi connectivity index (χ2n) is 5.18. The van der Waals surface area contributed by atoms with Crippen LogP contribution < -0.4 is 4.74 Å². The van der Waals surface area contributed by atoms with Crippen LogP contribution in [0, 0.1) is 0 Å². The average molecular weight is 277 g/mol. The maximum Gasteiger partial charge on any atom is 0.254 e. The molecule has 112 valence electrons. The molecule has 0 aliphatic carbocycles. The quantitative estimate of drug-likeness (QED) is 0.750. The van der Waals surface area contributed by atoms with E-state index in [4.69, 9.17) is 4.74 Å². The van der Waals surface area contributed by atoms with Crippen LogP contribution >= 0.6 is 0 Å². The third-order valence-corrected chi connectivity index (χ3v) is 3.78. The minimum atomic E-state index is 0.108. The molecular formula is C17H27NO2. The fraction of sp³-hybridized carbons (Fsp3) is 0.588. The van der Waals surface area contributed by atoms with Gasteiger partial charge in [0.15, 0.2) is 0 Å². The van der Waals surface area contributed by atoms with Crippen molar-refractivity contribution in [3.8, 4) is 5.75 Å². The molecule has 1 amide bonds. The number of hydrogen-bond donors (Lipinski definition) is 0. The van der Waals surface area contributed by atoms with Gasteiger partial charge >= 0.3 is 0 Å². The number of nitrogens with zero attached hydrogens (tertiary/aromatic N) is 1. The molecule has 0 saturated heterocycles. The summed E-state index contributed by atoms with van der Waals surface area (Å²) >= 11 is 0. The number of carbonyl (C=O) groups excluding carboxylic acids is 1. The molecule has 3 heteroatoms. The van der Waals surface area contributed by atoms with Gasteiger partial charge < -0.3 is 9.64 Å². The molecule has 20 heavy (non-hydrogen) atoms. The van der Waals surface area contributed by atoms with Gasteiger partial charge in [0, 0.05) is 17.6 Å². The molecule has 0 N–H and O–H groups in total. The number of carbonyl (C=O) groups is 1. The second kappa shape index (κ2) is 7.93. The minimum Gasteiger partial charge on any atom is -0.494 e. The van der Waals surface area contributed by atoms with Gasteiger partial charge in [0.05, 0.1) is 6.61 Å². The average Bonchev–Trinajstić information content (AvgIpc) is 2.47. The first-order chi connectivity index (χ1) is 9.54. The van der Waals surface area contributed by atoms with Crippen molar-refractivity contribution in [2.45, 2.75) is 59.5 Å². The summed E-state index contributed by atoms with van der Waals surface area (Å²) in [6.45, 7) is 11.0. The molecule has 0 spiro atoms. The standard InChI is InChI=1S/C17H27NO2/c1-6-13(4)18(14(5)7-2)17(19)15-9-11-16(12-10-15)20-8-3/h9-14H,6-8H2,1-5H3/t13-,14+. The van der Waals surface area contributed by atoms with Crippen LogP contribution in [-0.4, -0.2) is 29.5 Å². The topological polar surface area (TPSA) is 29.5 Å². The Kier molecular flexibility index (Phi) is 6.56. The maximum absolute atomic E-state index is 12.7. The molecule has 1 aromatic carbocycles. The molecule has 0 saturated carbocycles. The van der Waals surface area contributed by atoms with Crippen LogP contribution in [0.1, 0.15) is 57.8 Å². The summed E-state index contributed by atoms with van der Waals surface area (Å²) < 4.78 is 5.41. The lowest BCUT2D eigenvalue weighted by Gasteiger charge is -2.34. The maximum atomic E-state index is 12.7. The molecule has 0 aromatic heterocycles. The Bertz CT molecular complexity index is 404. The molecule has 0 heterocycles. The fourth-order valence-electron chi connectivity index (χ4n) is 2.24. The third-order valence-electron chi connectivity index (χ3n) is 3.78. The number of benzene rings is 1. The van der Waals surface area contributed by atoms with Gasteiger partial charge in [-0.3, -0.25) is 4.79 Å². The Morgan fingerprint density at radius 3 is 1.95 bits per heavy atom. The number of amides is 1. The van der Waals surface area contributed by atoms with Gasteiger partial charge in [-0.1, -0.05) is 13.8 Å². The molecule has 0 fully saturated rings. The van der Waals surface area contributed by atoms with E-state index in [1.54, 1.807) is 0 Å². The number of ether oxygens (including phenoxy) is 1. The monoisotopic (exact) mass is 277 g/mol. The summed E-state index contributed by atoms with van der Waals surface area (Å²) in [5.74, 6) is 0.916. The Morgan fingerprint density at radius 1 is 1.05 bits per heavy atom. The zero-order valence-electron chi connectivity index (χ0n) is 13.3. The predicted octanol–water partition coefficient (Wildman–Crippen LogP) is 4.12. The molecule has 0 aliphatic rings. The smallest absolute Gasteiger partial charge is 0.254 e. The summed E-state index contributed by atoms with van der Waals surface area (Å²) in [6.07, 6.45) is 1.93. The molecule has 1 aromatic rings. The second-order valence-corrected chi connectivity index (χ2v) is 5.18.